The molecule has 9 aliphatic rings. The Balaban J connectivity index is 0.000000131. The third-order valence-corrected chi connectivity index (χ3v) is 28.0. The van der Waals surface area contributed by atoms with Crippen LogP contribution in [0.5, 0.6) is 17.2 Å². The zero-order chi connectivity index (χ0) is 93.1. The Hall–Kier alpha value is -12.6. The second kappa shape index (κ2) is 42.0. The summed E-state index contributed by atoms with van der Waals surface area (Å²) in [6.45, 7) is 29.3. The molecule has 10 atom stereocenters. The second-order valence-electron chi connectivity index (χ2n) is 36.6. The van der Waals surface area contributed by atoms with Gasteiger partial charge in [-0.25, -0.2) is 42.1 Å². The van der Waals surface area contributed by atoms with Gasteiger partial charge >= 0.3 is 17.1 Å². The fourth-order valence-electron chi connectivity index (χ4n) is 19.1. The van der Waals surface area contributed by atoms with Crippen LogP contribution in [0.1, 0.15) is 111 Å². The van der Waals surface area contributed by atoms with E-state index in [1.807, 2.05) is 93.6 Å². The predicted molar refractivity (Wildman–Crippen MR) is 511 cm³/mol. The Labute approximate surface area is 789 Å². The van der Waals surface area contributed by atoms with Crippen LogP contribution in [0.25, 0.3) is 17.1 Å². The first-order valence-electron chi connectivity index (χ1n) is 48.3. The van der Waals surface area contributed by atoms with E-state index in [0.29, 0.717) is 78.4 Å². The van der Waals surface area contributed by atoms with Crippen LogP contribution in [0.4, 0.5) is 34.1 Å². The number of ether oxygens (including phenoxy) is 10. The molecule has 10 unspecified atom stereocenters. The van der Waals surface area contributed by atoms with E-state index in [1.165, 1.54) is 23.5 Å². The highest BCUT2D eigenvalue weighted by atomic mass is 16.8. The molecule has 6 aromatic carbocycles. The monoisotopic (exact) mass is 1860 g/mol. The molecule has 0 bridgehead atoms. The highest BCUT2D eigenvalue weighted by Crippen LogP contribution is 2.45. The normalized spacial score (nSPS) is 23.2. The number of rotatable bonds is 33. The molecule has 8 saturated heterocycles. The van der Waals surface area contributed by atoms with E-state index < -0.39 is 17.4 Å². The van der Waals surface area contributed by atoms with Gasteiger partial charge in [-0.3, -0.25) is 0 Å². The molecule has 8 aliphatic heterocycles. The molecule has 14 heterocycles. The molecule has 720 valence electrons. The summed E-state index contributed by atoms with van der Waals surface area (Å²) >= 11 is 0. The fourth-order valence-corrected chi connectivity index (χ4v) is 19.1. The van der Waals surface area contributed by atoms with E-state index in [2.05, 4.69) is 174 Å². The van der Waals surface area contributed by atoms with Gasteiger partial charge in [0.25, 0.3) is 0 Å². The van der Waals surface area contributed by atoms with Crippen molar-refractivity contribution in [1.82, 2.24) is 93.3 Å². The maximum absolute atomic E-state index is 12.8. The first kappa shape index (κ1) is 92.5. The largest absolute Gasteiger partial charge is 0.491 e. The molecule has 38 nitrogen and oxygen atoms in total. The van der Waals surface area contributed by atoms with Crippen LogP contribution >= 0.6 is 0 Å². The van der Waals surface area contributed by atoms with Crippen molar-refractivity contribution in [2.75, 3.05) is 167 Å². The van der Waals surface area contributed by atoms with Gasteiger partial charge in [0, 0.05) is 119 Å². The van der Waals surface area contributed by atoms with Crippen LogP contribution in [0, 0.1) is 11.8 Å². The summed E-state index contributed by atoms with van der Waals surface area (Å²) in [6, 6.07) is 49.7. The highest BCUT2D eigenvalue weighted by molar-refractivity contribution is 5.58. The van der Waals surface area contributed by atoms with Crippen molar-refractivity contribution in [2.24, 2.45) is 11.8 Å². The molecule has 9 fully saturated rings. The number of piperazine rings is 3. The van der Waals surface area contributed by atoms with Gasteiger partial charge in [-0.15, -0.1) is 0 Å². The number of aromatic nitrogens is 18. The minimum absolute atomic E-state index is 0.0743. The minimum atomic E-state index is -0.797. The van der Waals surface area contributed by atoms with Crippen LogP contribution < -0.4 is 66.0 Å². The van der Waals surface area contributed by atoms with Gasteiger partial charge < -0.3 is 82.1 Å². The van der Waals surface area contributed by atoms with Crippen molar-refractivity contribution in [1.29, 1.82) is 0 Å². The van der Waals surface area contributed by atoms with Gasteiger partial charge in [0.1, 0.15) is 94.0 Å². The van der Waals surface area contributed by atoms with E-state index in [4.69, 9.17) is 47.4 Å². The van der Waals surface area contributed by atoms with Crippen molar-refractivity contribution >= 4 is 34.1 Å². The third kappa shape index (κ3) is 20.7. The lowest BCUT2D eigenvalue weighted by Crippen LogP contribution is -2.53. The lowest BCUT2D eigenvalue weighted by molar-refractivity contribution is -0.268. The van der Waals surface area contributed by atoms with E-state index in [0.717, 1.165) is 181 Å². The average Bonchev–Trinajstić information content (AvgIpc) is 1.62. The van der Waals surface area contributed by atoms with Crippen molar-refractivity contribution < 1.29 is 47.4 Å². The summed E-state index contributed by atoms with van der Waals surface area (Å²) in [5.74, 6) is 0.677. The highest BCUT2D eigenvalue weighted by Gasteiger charge is 2.54. The number of anilines is 6. The lowest BCUT2D eigenvalue weighted by atomic mass is 9.78. The van der Waals surface area contributed by atoms with Crippen LogP contribution in [-0.2, 0) is 52.8 Å². The summed E-state index contributed by atoms with van der Waals surface area (Å²) < 4.78 is 71.4. The van der Waals surface area contributed by atoms with Crippen molar-refractivity contribution in [2.45, 2.75) is 172 Å². The van der Waals surface area contributed by atoms with Crippen molar-refractivity contribution in [3.8, 4) is 34.3 Å². The molecule has 136 heavy (non-hydrogen) atoms. The van der Waals surface area contributed by atoms with Crippen molar-refractivity contribution in [3.05, 3.63) is 233 Å². The number of hydrogen-bond donors (Lipinski definition) is 1. The Morgan fingerprint density at radius 1 is 0.338 bits per heavy atom. The molecule has 0 radical (unpaired) electrons. The molecule has 6 aromatic heterocycles. The summed E-state index contributed by atoms with van der Waals surface area (Å²) in [6.07, 6.45) is 22.4. The topological polar surface area (TPSA) is 335 Å². The number of nitrogens with one attached hydrogen (secondary N) is 1. The Morgan fingerprint density at radius 3 is 0.875 bits per heavy atom. The molecule has 1 aliphatic carbocycles. The van der Waals surface area contributed by atoms with Crippen LogP contribution in [0.15, 0.2) is 216 Å². The predicted octanol–water partition coefficient (Wildman–Crippen LogP) is 9.54. The number of benzene rings is 6. The zero-order valence-corrected chi connectivity index (χ0v) is 78.4. The molecule has 21 rings (SSSR count). The molecular weight excluding hydrogens is 1740 g/mol. The third-order valence-electron chi connectivity index (χ3n) is 28.0. The lowest BCUT2D eigenvalue weighted by Gasteiger charge is -2.40. The molecule has 1 N–H and O–H groups in total. The number of hydrogen-bond acceptors (Lipinski definition) is 29. The first-order chi connectivity index (χ1) is 66.5. The van der Waals surface area contributed by atoms with Gasteiger partial charge in [0.05, 0.1) is 117 Å². The van der Waals surface area contributed by atoms with Gasteiger partial charge in [0.2, 0.25) is 5.79 Å². The standard InChI is InChI=1S/C33H43N9O4.C33H42N8O4.C32H40N8O5/c1-3-25(2)42-32(43)40(24-37-42)28-8-6-26(7-9-28)38-17-19-39(20-18-38)27-10-12-29(13-11-27)44-21-30-22-45-33(46-30,31-5-4-14-34-31)23-41-35-15-16-36-41;1-3-25(2)41-32(42)39(24-36-41)29-9-7-27(8-10-29)37-17-19-38(20-18-37)28-11-13-30(14-12-28)43-21-31-22-44-33(45-31,26-5-4-6-26)23-40-34-15-16-35-40;1-3-24(2)40-31(41)38(23-35-40)28-6-4-26(5-7-28)36-14-16-37(17-15-36)27-8-10-29(11-9-27)43-20-30-21-44-32(45-30,25-18-42-19-25)22-39-33-12-13-34-39/h6-13,15-16,24-25,30-31,34H,3-5,14,17-23H2,1-2H3;7-16,24-26,31H,3-6,17-23H2,1-2H3;4-13,23-25,30H,3,14-22H2,1-2H3. The minimum Gasteiger partial charge on any atom is -0.491 e. The summed E-state index contributed by atoms with van der Waals surface area (Å²) in [7, 11) is 0. The van der Waals surface area contributed by atoms with E-state index in [-0.39, 0.29) is 65.5 Å². The molecule has 38 heteroatoms. The molecular formula is C98H125N25O13. The zero-order valence-electron chi connectivity index (χ0n) is 78.4. The van der Waals surface area contributed by atoms with Gasteiger partial charge in [-0.2, -0.15) is 60.3 Å². The van der Waals surface area contributed by atoms with Gasteiger partial charge in [-0.1, -0.05) is 27.2 Å². The summed E-state index contributed by atoms with van der Waals surface area (Å²) in [5, 5.41) is 42.0. The number of nitrogens with zero attached hydrogens (tertiary/aromatic N) is 24. The Bertz CT molecular complexity index is 5700. The van der Waals surface area contributed by atoms with Crippen LogP contribution in [-0.4, -0.2) is 268 Å². The van der Waals surface area contributed by atoms with Crippen molar-refractivity contribution in [3.63, 3.8) is 0 Å². The first-order valence-corrected chi connectivity index (χ1v) is 48.3. The summed E-state index contributed by atoms with van der Waals surface area (Å²) in [5.41, 5.74) is 9.16. The average molecular weight is 1860 g/mol. The smallest absolute Gasteiger partial charge is 0.350 e. The van der Waals surface area contributed by atoms with E-state index in [1.54, 1.807) is 98.3 Å². The van der Waals surface area contributed by atoms with Crippen LogP contribution in [0.2, 0.25) is 0 Å². The quantitative estimate of drug-likeness (QED) is 0.0400. The molecule has 12 aromatic rings. The Morgan fingerprint density at radius 2 is 0.610 bits per heavy atom. The SMILES string of the molecule is CCC(C)n1ncn(-c2ccc(N3CCN(c4ccc(OCC5COC(Cn6nccn6)(C6CCC6)O5)cc4)CC3)cc2)c1=O.CCC(C)n1ncn(-c2ccc(N3CCN(c4ccc(OCC5COC(Cn6nccn6)(C6CCCN6)O5)cc4)CC3)cc2)c1=O.CCC(C)n1ncn(-c2ccc(N3CCN(c4ccc(OCC5COC(Cn6nccn6)(C6COC6)O5)cc4)CC3)cc2)c1=O. The van der Waals surface area contributed by atoms with Gasteiger partial charge in [-0.05, 0) is 218 Å². The maximum atomic E-state index is 12.8. The van der Waals surface area contributed by atoms with Crippen LogP contribution in [0.3, 0.4) is 0 Å². The maximum Gasteiger partial charge on any atom is 0.350 e. The second-order valence-corrected chi connectivity index (χ2v) is 36.6. The van der Waals surface area contributed by atoms with E-state index in [9.17, 15) is 14.4 Å². The fraction of sp³-hybridized carbons (Fsp3) is 0.510. The Kier molecular flexibility index (Phi) is 28.5. The molecule has 0 spiro atoms. The summed E-state index contributed by atoms with van der Waals surface area (Å²) in [4.78, 5) is 57.6. The molecule has 1 saturated carbocycles. The molecule has 0 amide bonds. The van der Waals surface area contributed by atoms with E-state index >= 15 is 0 Å². The van der Waals surface area contributed by atoms with Gasteiger partial charge in [0.15, 0.2) is 11.6 Å².